The van der Waals surface area contributed by atoms with Gasteiger partial charge in [-0.25, -0.2) is 0 Å². The van der Waals surface area contributed by atoms with Crippen LogP contribution in [0.3, 0.4) is 0 Å². The van der Waals surface area contributed by atoms with Crippen LogP contribution in [-0.2, 0) is 16.6 Å². The Balaban J connectivity index is 1.95. The number of benzene rings is 1. The van der Waals surface area contributed by atoms with E-state index in [1.54, 1.807) is 7.11 Å². The Kier molecular flexibility index (Phi) is 3.51. The summed E-state index contributed by atoms with van der Waals surface area (Å²) in [6.45, 7) is 7.70. The lowest BCUT2D eigenvalue weighted by Crippen LogP contribution is -2.58. The fourth-order valence-electron chi connectivity index (χ4n) is 4.18. The molecule has 3 heteroatoms. The molecule has 1 aliphatic carbocycles. The first kappa shape index (κ1) is 13.9. The molecule has 0 saturated carbocycles. The van der Waals surface area contributed by atoms with E-state index in [0.29, 0.717) is 17.7 Å². The zero-order valence-electron chi connectivity index (χ0n) is 12.7. The monoisotopic (exact) mass is 275 g/mol. The molecule has 2 bridgehead atoms. The second kappa shape index (κ2) is 5.05. The number of methoxy groups -OCH3 is 1. The maximum Gasteiger partial charge on any atom is 0.115 e. The normalized spacial score (nSPS) is 33.0. The van der Waals surface area contributed by atoms with Gasteiger partial charge in [-0.05, 0) is 54.0 Å². The van der Waals surface area contributed by atoms with Crippen LogP contribution >= 0.6 is 0 Å². The Bertz CT molecular complexity index is 502. The Morgan fingerprint density at radius 1 is 1.45 bits per heavy atom. The van der Waals surface area contributed by atoms with E-state index in [-0.39, 0.29) is 5.41 Å². The predicted octanol–water partition coefficient (Wildman–Crippen LogP) is 2.56. The molecule has 0 spiro atoms. The first-order valence-electron chi connectivity index (χ1n) is 7.61. The van der Waals surface area contributed by atoms with Crippen molar-refractivity contribution < 1.29 is 9.84 Å². The molecule has 1 unspecified atom stereocenters. The van der Waals surface area contributed by atoms with Crippen molar-refractivity contribution in [1.29, 1.82) is 0 Å². The third-order valence-electron chi connectivity index (χ3n) is 5.69. The number of ether oxygens (including phenoxy) is 1. The molecular weight excluding hydrogens is 250 g/mol. The van der Waals surface area contributed by atoms with Crippen LogP contribution in [0.5, 0.6) is 5.75 Å². The lowest BCUT2D eigenvalue weighted by Gasteiger charge is -2.54. The number of phenols is 1. The minimum Gasteiger partial charge on any atom is -0.508 e. The first-order valence-corrected chi connectivity index (χ1v) is 7.61. The van der Waals surface area contributed by atoms with Crippen LogP contribution in [0.1, 0.15) is 31.4 Å². The second-order valence-corrected chi connectivity index (χ2v) is 6.60. The van der Waals surface area contributed by atoms with Gasteiger partial charge in [0.25, 0.3) is 0 Å². The maximum atomic E-state index is 9.83. The molecule has 3 atom stereocenters. The van der Waals surface area contributed by atoms with Gasteiger partial charge in [0.1, 0.15) is 5.75 Å². The van der Waals surface area contributed by atoms with E-state index in [9.17, 15) is 5.11 Å². The molecule has 0 aromatic heterocycles. The molecule has 3 rings (SSSR count). The van der Waals surface area contributed by atoms with Crippen LogP contribution in [0.15, 0.2) is 18.2 Å². The molecule has 3 nitrogen and oxygen atoms in total. The number of fused-ring (bicyclic) bond motifs is 4. The summed E-state index contributed by atoms with van der Waals surface area (Å²) in [6.07, 6.45) is 2.25. The molecule has 110 valence electrons. The van der Waals surface area contributed by atoms with E-state index >= 15 is 0 Å². The van der Waals surface area contributed by atoms with Crippen LogP contribution in [0, 0.1) is 5.92 Å². The number of phenolic OH excluding ortho intramolecular Hbond substituents is 1. The first-order chi connectivity index (χ1) is 9.56. The van der Waals surface area contributed by atoms with Gasteiger partial charge < -0.3 is 9.84 Å². The number of hydrogen-bond acceptors (Lipinski definition) is 3. The van der Waals surface area contributed by atoms with Crippen LogP contribution in [0.2, 0.25) is 0 Å². The van der Waals surface area contributed by atoms with Gasteiger partial charge in [-0.1, -0.05) is 19.9 Å². The molecule has 1 aliphatic heterocycles. The quantitative estimate of drug-likeness (QED) is 0.920. The summed E-state index contributed by atoms with van der Waals surface area (Å²) in [7, 11) is 1.77. The van der Waals surface area contributed by atoms with Crippen molar-refractivity contribution in [1.82, 2.24) is 4.90 Å². The van der Waals surface area contributed by atoms with Crippen molar-refractivity contribution >= 4 is 0 Å². The van der Waals surface area contributed by atoms with Gasteiger partial charge >= 0.3 is 0 Å². The van der Waals surface area contributed by atoms with Crippen LogP contribution in [0.4, 0.5) is 0 Å². The van der Waals surface area contributed by atoms with E-state index < -0.39 is 0 Å². The minimum absolute atomic E-state index is 0.195. The van der Waals surface area contributed by atoms with Crippen LogP contribution in [0.25, 0.3) is 0 Å². The lowest BCUT2D eigenvalue weighted by molar-refractivity contribution is 0.0156. The third kappa shape index (κ3) is 2.04. The second-order valence-electron chi connectivity index (χ2n) is 6.60. The highest BCUT2D eigenvalue weighted by atomic mass is 16.5. The number of likely N-dealkylation sites (tertiary alicyclic amines) is 1. The molecule has 1 aromatic rings. The molecule has 1 saturated heterocycles. The number of hydrogen-bond donors (Lipinski definition) is 1. The fourth-order valence-corrected chi connectivity index (χ4v) is 4.18. The highest BCUT2D eigenvalue weighted by molar-refractivity contribution is 5.44. The average molecular weight is 275 g/mol. The Morgan fingerprint density at radius 2 is 2.25 bits per heavy atom. The van der Waals surface area contributed by atoms with Crippen molar-refractivity contribution in [2.75, 3.05) is 26.8 Å². The summed E-state index contributed by atoms with van der Waals surface area (Å²) in [5.41, 5.74) is 2.98. The molecule has 0 amide bonds. The van der Waals surface area contributed by atoms with E-state index in [1.807, 2.05) is 12.1 Å². The van der Waals surface area contributed by atoms with Gasteiger partial charge in [0, 0.05) is 19.7 Å². The summed E-state index contributed by atoms with van der Waals surface area (Å²) in [4.78, 5) is 2.59. The summed E-state index contributed by atoms with van der Waals surface area (Å²) in [5.74, 6) is 1.01. The van der Waals surface area contributed by atoms with Crippen molar-refractivity contribution in [2.24, 2.45) is 5.92 Å². The molecule has 1 aromatic carbocycles. The summed E-state index contributed by atoms with van der Waals surface area (Å²) < 4.78 is 5.25. The van der Waals surface area contributed by atoms with Crippen LogP contribution < -0.4 is 0 Å². The smallest absolute Gasteiger partial charge is 0.115 e. The van der Waals surface area contributed by atoms with Gasteiger partial charge in [0.2, 0.25) is 0 Å². The molecule has 1 heterocycles. The van der Waals surface area contributed by atoms with Gasteiger partial charge in [-0.3, -0.25) is 4.90 Å². The SMILES string of the molecule is COCCN1CC[C@@]2(C)c3cc(O)ccc3CC1[C@@H]2C. The zero-order chi connectivity index (χ0) is 14.3. The standard InChI is InChI=1S/C17H25NO2/c1-12-16-10-13-4-5-14(19)11-15(13)17(12,2)6-7-18(16)8-9-20-3/h4-5,11-12,16,19H,6-10H2,1-3H3/t12-,16?,17+/m0/s1. The van der Waals surface area contributed by atoms with Crippen molar-refractivity contribution in [3.8, 4) is 5.75 Å². The van der Waals surface area contributed by atoms with Crippen molar-refractivity contribution in [2.45, 2.75) is 38.1 Å². The zero-order valence-corrected chi connectivity index (χ0v) is 12.7. The van der Waals surface area contributed by atoms with Gasteiger partial charge in [-0.15, -0.1) is 0 Å². The number of aromatic hydroxyl groups is 1. The topological polar surface area (TPSA) is 32.7 Å². The largest absolute Gasteiger partial charge is 0.508 e. The fraction of sp³-hybridized carbons (Fsp3) is 0.647. The number of rotatable bonds is 3. The Labute approximate surface area is 121 Å². The van der Waals surface area contributed by atoms with E-state index in [0.717, 1.165) is 32.5 Å². The summed E-state index contributed by atoms with van der Waals surface area (Å²) >= 11 is 0. The molecular formula is C17H25NO2. The van der Waals surface area contributed by atoms with E-state index in [2.05, 4.69) is 24.8 Å². The Morgan fingerprint density at radius 3 is 3.00 bits per heavy atom. The molecule has 2 aliphatic rings. The third-order valence-corrected chi connectivity index (χ3v) is 5.69. The van der Waals surface area contributed by atoms with E-state index in [4.69, 9.17) is 4.74 Å². The van der Waals surface area contributed by atoms with Gasteiger partial charge in [0.15, 0.2) is 0 Å². The number of nitrogens with zero attached hydrogens (tertiary/aromatic N) is 1. The van der Waals surface area contributed by atoms with E-state index in [1.165, 1.54) is 11.1 Å². The molecule has 0 radical (unpaired) electrons. The molecule has 1 N–H and O–H groups in total. The average Bonchev–Trinajstić information content (AvgIpc) is 2.43. The predicted molar refractivity (Wildman–Crippen MR) is 80.2 cm³/mol. The molecule has 20 heavy (non-hydrogen) atoms. The van der Waals surface area contributed by atoms with Crippen molar-refractivity contribution in [3.63, 3.8) is 0 Å². The number of piperidine rings is 1. The summed E-state index contributed by atoms with van der Waals surface area (Å²) in [5, 5.41) is 9.83. The Hall–Kier alpha value is -1.06. The lowest BCUT2D eigenvalue weighted by atomic mass is 9.59. The summed E-state index contributed by atoms with van der Waals surface area (Å²) in [6, 6.07) is 6.53. The maximum absolute atomic E-state index is 9.83. The van der Waals surface area contributed by atoms with Crippen LogP contribution in [-0.4, -0.2) is 42.9 Å². The minimum atomic E-state index is 0.195. The van der Waals surface area contributed by atoms with Gasteiger partial charge in [0.05, 0.1) is 6.61 Å². The highest BCUT2D eigenvalue weighted by Gasteiger charge is 2.48. The highest BCUT2D eigenvalue weighted by Crippen LogP contribution is 2.49. The van der Waals surface area contributed by atoms with Gasteiger partial charge in [-0.2, -0.15) is 0 Å². The molecule has 1 fully saturated rings. The van der Waals surface area contributed by atoms with Crippen molar-refractivity contribution in [3.05, 3.63) is 29.3 Å².